The normalized spacial score (nSPS) is 11.0. The van der Waals surface area contributed by atoms with Crippen LogP contribution in [0.25, 0.3) is 11.6 Å². The molecule has 0 saturated heterocycles. The summed E-state index contributed by atoms with van der Waals surface area (Å²) < 4.78 is 11.0. The van der Waals surface area contributed by atoms with E-state index in [-0.39, 0.29) is 0 Å². The lowest BCUT2D eigenvalue weighted by atomic mass is 10.1. The second-order valence-electron chi connectivity index (χ2n) is 4.28. The molecule has 0 fully saturated rings. The van der Waals surface area contributed by atoms with Gasteiger partial charge in [-0.1, -0.05) is 12.1 Å². The van der Waals surface area contributed by atoms with Crippen LogP contribution in [0.5, 0.6) is 11.5 Å². The van der Waals surface area contributed by atoms with Crippen molar-refractivity contribution in [3.63, 3.8) is 0 Å². The van der Waals surface area contributed by atoms with E-state index in [1.807, 2.05) is 37.4 Å². The zero-order chi connectivity index (χ0) is 15.2. The quantitative estimate of drug-likeness (QED) is 0.785. The van der Waals surface area contributed by atoms with E-state index in [1.54, 1.807) is 13.2 Å². The molecule has 0 saturated carbocycles. The lowest BCUT2D eigenvalue weighted by Crippen LogP contribution is -1.97. The number of hydrogen-bond donors (Lipinski definition) is 0. The summed E-state index contributed by atoms with van der Waals surface area (Å²) in [6, 6.07) is 7.81. The highest BCUT2D eigenvalue weighted by Gasteiger charge is 2.11. The molecule has 0 radical (unpaired) electrons. The van der Waals surface area contributed by atoms with Crippen molar-refractivity contribution >= 4 is 23.0 Å². The second-order valence-corrected chi connectivity index (χ2v) is 5.13. The molecule has 0 aliphatic heterocycles. The Balaban J connectivity index is 2.48. The van der Waals surface area contributed by atoms with Crippen molar-refractivity contribution < 1.29 is 9.47 Å². The minimum absolute atomic E-state index is 0.514. The van der Waals surface area contributed by atoms with Crippen LogP contribution in [0.1, 0.15) is 23.2 Å². The number of aryl methyl sites for hydroxylation is 1. The van der Waals surface area contributed by atoms with Crippen LogP contribution < -0.4 is 9.47 Å². The maximum absolute atomic E-state index is 9.36. The van der Waals surface area contributed by atoms with Gasteiger partial charge in [0.05, 0.1) is 19.3 Å². The first kappa shape index (κ1) is 15.1. The van der Waals surface area contributed by atoms with E-state index in [9.17, 15) is 5.26 Å². The summed E-state index contributed by atoms with van der Waals surface area (Å²) in [5.41, 5.74) is 2.22. The number of aromatic nitrogens is 1. The van der Waals surface area contributed by atoms with Crippen LogP contribution in [0.2, 0.25) is 0 Å². The van der Waals surface area contributed by atoms with Crippen molar-refractivity contribution in [1.82, 2.24) is 4.98 Å². The van der Waals surface area contributed by atoms with Crippen LogP contribution in [-0.4, -0.2) is 18.7 Å². The molecule has 1 aromatic heterocycles. The molecule has 21 heavy (non-hydrogen) atoms. The van der Waals surface area contributed by atoms with Crippen LogP contribution in [0.3, 0.4) is 0 Å². The maximum Gasteiger partial charge on any atom is 0.167 e. The summed E-state index contributed by atoms with van der Waals surface area (Å²) in [5, 5.41) is 12.0. The number of benzene rings is 1. The van der Waals surface area contributed by atoms with Crippen molar-refractivity contribution in [2.45, 2.75) is 13.8 Å². The highest BCUT2D eigenvalue weighted by Crippen LogP contribution is 2.33. The van der Waals surface area contributed by atoms with Gasteiger partial charge < -0.3 is 9.47 Å². The number of ether oxygens (including phenoxy) is 2. The SMILES string of the molecule is CCOc1cccc(/C=C(\C#N)c2nc(C)cs2)c1OC. The molecule has 5 heteroatoms. The average molecular weight is 300 g/mol. The topological polar surface area (TPSA) is 55.1 Å². The van der Waals surface area contributed by atoms with Crippen LogP contribution in [0, 0.1) is 18.3 Å². The molecule has 4 nitrogen and oxygen atoms in total. The third kappa shape index (κ3) is 3.41. The molecule has 1 aromatic carbocycles. The number of thiazole rings is 1. The fourth-order valence-electron chi connectivity index (χ4n) is 1.91. The molecule has 0 bridgehead atoms. The van der Waals surface area contributed by atoms with Gasteiger partial charge in [-0.05, 0) is 26.0 Å². The maximum atomic E-state index is 9.36. The second kappa shape index (κ2) is 6.91. The third-order valence-electron chi connectivity index (χ3n) is 2.78. The zero-order valence-corrected chi connectivity index (χ0v) is 13.0. The number of rotatable bonds is 5. The third-order valence-corrected chi connectivity index (χ3v) is 3.78. The molecule has 2 aromatic rings. The number of nitriles is 1. The van der Waals surface area contributed by atoms with Gasteiger partial charge in [0.2, 0.25) is 0 Å². The Morgan fingerprint density at radius 3 is 2.86 bits per heavy atom. The average Bonchev–Trinajstić information content (AvgIpc) is 2.91. The van der Waals surface area contributed by atoms with E-state index in [4.69, 9.17) is 9.47 Å². The molecule has 2 rings (SSSR count). The van der Waals surface area contributed by atoms with Gasteiger partial charge in [-0.3, -0.25) is 0 Å². The van der Waals surface area contributed by atoms with E-state index in [2.05, 4.69) is 11.1 Å². The van der Waals surface area contributed by atoms with E-state index >= 15 is 0 Å². The van der Waals surface area contributed by atoms with Gasteiger partial charge in [-0.15, -0.1) is 11.3 Å². The minimum atomic E-state index is 0.514. The summed E-state index contributed by atoms with van der Waals surface area (Å²) in [6.07, 6.45) is 1.78. The molecule has 0 aliphatic rings. The van der Waals surface area contributed by atoms with E-state index in [0.29, 0.717) is 28.7 Å². The smallest absolute Gasteiger partial charge is 0.167 e. The van der Waals surface area contributed by atoms with E-state index in [0.717, 1.165) is 11.3 Å². The van der Waals surface area contributed by atoms with Crippen molar-refractivity contribution in [3.05, 3.63) is 39.8 Å². The van der Waals surface area contributed by atoms with Gasteiger partial charge in [0.1, 0.15) is 11.1 Å². The number of allylic oxidation sites excluding steroid dienone is 1. The summed E-state index contributed by atoms with van der Waals surface area (Å²) in [5.74, 6) is 1.29. The van der Waals surface area contributed by atoms with Gasteiger partial charge in [0, 0.05) is 16.6 Å². The molecule has 0 atom stereocenters. The van der Waals surface area contributed by atoms with Gasteiger partial charge in [-0.25, -0.2) is 4.98 Å². The standard InChI is InChI=1S/C16H16N2O2S/c1-4-20-14-7-5-6-12(15(14)19-3)8-13(9-17)16-18-11(2)10-21-16/h5-8,10H,4H2,1-3H3/b13-8+. The highest BCUT2D eigenvalue weighted by molar-refractivity contribution is 7.11. The first-order valence-corrected chi connectivity index (χ1v) is 7.41. The Bertz CT molecular complexity index is 699. The largest absolute Gasteiger partial charge is 0.492 e. The van der Waals surface area contributed by atoms with Crippen molar-refractivity contribution in [2.24, 2.45) is 0 Å². The number of nitrogens with zero attached hydrogens (tertiary/aromatic N) is 2. The molecular formula is C16H16N2O2S. The minimum Gasteiger partial charge on any atom is -0.492 e. The van der Waals surface area contributed by atoms with Crippen LogP contribution in [0.15, 0.2) is 23.6 Å². The summed E-state index contributed by atoms with van der Waals surface area (Å²) >= 11 is 1.46. The van der Waals surface area contributed by atoms with Crippen molar-refractivity contribution in [1.29, 1.82) is 5.26 Å². The van der Waals surface area contributed by atoms with E-state index in [1.165, 1.54) is 11.3 Å². The molecule has 1 heterocycles. The Morgan fingerprint density at radius 1 is 1.48 bits per heavy atom. The molecule has 0 amide bonds. The van der Waals surface area contributed by atoms with Gasteiger partial charge in [0.25, 0.3) is 0 Å². The summed E-state index contributed by atoms with van der Waals surface area (Å²) in [7, 11) is 1.59. The monoisotopic (exact) mass is 300 g/mol. The molecular weight excluding hydrogens is 284 g/mol. The predicted octanol–water partition coefficient (Wildman–Crippen LogP) is 3.92. The number of para-hydroxylation sites is 1. The lowest BCUT2D eigenvalue weighted by Gasteiger charge is -2.11. The Hall–Kier alpha value is -2.32. The fraction of sp³-hybridized carbons (Fsp3) is 0.250. The van der Waals surface area contributed by atoms with E-state index < -0.39 is 0 Å². The lowest BCUT2D eigenvalue weighted by molar-refractivity contribution is 0.310. The van der Waals surface area contributed by atoms with Gasteiger partial charge in [-0.2, -0.15) is 5.26 Å². The Labute approximate surface area is 128 Å². The van der Waals surface area contributed by atoms with Crippen LogP contribution >= 0.6 is 11.3 Å². The summed E-state index contributed by atoms with van der Waals surface area (Å²) in [4.78, 5) is 4.35. The first-order valence-electron chi connectivity index (χ1n) is 6.53. The molecule has 0 N–H and O–H groups in total. The number of hydrogen-bond acceptors (Lipinski definition) is 5. The predicted molar refractivity (Wildman–Crippen MR) is 84.5 cm³/mol. The van der Waals surface area contributed by atoms with Crippen molar-refractivity contribution in [2.75, 3.05) is 13.7 Å². The highest BCUT2D eigenvalue weighted by atomic mass is 32.1. The van der Waals surface area contributed by atoms with Gasteiger partial charge >= 0.3 is 0 Å². The molecule has 108 valence electrons. The van der Waals surface area contributed by atoms with Crippen molar-refractivity contribution in [3.8, 4) is 17.6 Å². The molecule has 0 spiro atoms. The van der Waals surface area contributed by atoms with Gasteiger partial charge in [0.15, 0.2) is 11.5 Å². The van der Waals surface area contributed by atoms with Crippen LogP contribution in [0.4, 0.5) is 0 Å². The first-order chi connectivity index (χ1) is 10.2. The fourth-order valence-corrected chi connectivity index (χ4v) is 2.67. The molecule has 0 aliphatic carbocycles. The Morgan fingerprint density at radius 2 is 2.29 bits per heavy atom. The summed E-state index contributed by atoms with van der Waals surface area (Å²) in [6.45, 7) is 4.38. The molecule has 0 unspecified atom stereocenters. The number of methoxy groups -OCH3 is 1. The van der Waals surface area contributed by atoms with Crippen LogP contribution in [-0.2, 0) is 0 Å². The zero-order valence-electron chi connectivity index (χ0n) is 12.2. The Kier molecular flexibility index (Phi) is 4.96.